The fourth-order valence-corrected chi connectivity index (χ4v) is 6.80. The minimum atomic E-state index is -3.58. The number of rotatable bonds is 5. The van der Waals surface area contributed by atoms with Crippen LogP contribution in [0.1, 0.15) is 43.5 Å². The van der Waals surface area contributed by atoms with Crippen molar-refractivity contribution >= 4 is 27.7 Å². The van der Waals surface area contributed by atoms with Gasteiger partial charge in [0.2, 0.25) is 15.9 Å². The van der Waals surface area contributed by atoms with Gasteiger partial charge in [-0.05, 0) is 33.1 Å². The maximum absolute atomic E-state index is 13.0. The summed E-state index contributed by atoms with van der Waals surface area (Å²) in [5.74, 6) is 0.647. The van der Waals surface area contributed by atoms with Gasteiger partial charge in [0, 0.05) is 31.4 Å². The molecule has 0 spiro atoms. The number of hydrogen-bond acceptors (Lipinski definition) is 5. The number of thioether (sulfide) groups is 1. The summed E-state index contributed by atoms with van der Waals surface area (Å²) in [6, 6.07) is 0. The Morgan fingerprint density at radius 1 is 1.15 bits per heavy atom. The third-order valence-electron chi connectivity index (χ3n) is 5.21. The average molecular weight is 401 g/mol. The van der Waals surface area contributed by atoms with E-state index < -0.39 is 10.0 Å². The molecule has 2 heterocycles. The molecule has 7 nitrogen and oxygen atoms in total. The second kappa shape index (κ2) is 8.31. The molecule has 26 heavy (non-hydrogen) atoms. The van der Waals surface area contributed by atoms with Crippen LogP contribution in [0.15, 0.2) is 4.90 Å². The molecule has 1 aliphatic heterocycles. The van der Waals surface area contributed by atoms with Crippen LogP contribution in [-0.4, -0.2) is 70.9 Å². The Bertz CT molecular complexity index is 722. The number of carbonyl (C=O) groups excluding carboxylic acids is 1. The molecule has 0 radical (unpaired) electrons. The summed E-state index contributed by atoms with van der Waals surface area (Å²) in [5.41, 5.74) is 1.06. The molecule has 0 bridgehead atoms. The number of carbonyl (C=O) groups is 1. The number of aromatic amines is 1. The Morgan fingerprint density at radius 3 is 2.54 bits per heavy atom. The molecule has 0 atom stereocenters. The normalized spacial score (nSPS) is 20.5. The van der Waals surface area contributed by atoms with Crippen LogP contribution in [0, 0.1) is 13.8 Å². The Hall–Kier alpha value is -1.06. The lowest BCUT2D eigenvalue weighted by molar-refractivity contribution is -0.128. The van der Waals surface area contributed by atoms with Crippen LogP contribution < -0.4 is 0 Å². The molecule has 1 N–H and O–H groups in total. The molecule has 0 aromatic carbocycles. The summed E-state index contributed by atoms with van der Waals surface area (Å²) in [7, 11) is -3.58. The van der Waals surface area contributed by atoms with Crippen LogP contribution in [-0.2, 0) is 14.8 Å². The molecule has 2 fully saturated rings. The number of nitrogens with one attached hydrogen (secondary N) is 1. The van der Waals surface area contributed by atoms with Crippen molar-refractivity contribution in [3.63, 3.8) is 0 Å². The van der Waals surface area contributed by atoms with Gasteiger partial charge in [0.25, 0.3) is 0 Å². The maximum Gasteiger partial charge on any atom is 0.246 e. The van der Waals surface area contributed by atoms with Crippen LogP contribution in [0.2, 0.25) is 0 Å². The molecule has 1 saturated heterocycles. The van der Waals surface area contributed by atoms with Gasteiger partial charge >= 0.3 is 0 Å². The monoisotopic (exact) mass is 400 g/mol. The topological polar surface area (TPSA) is 86.4 Å². The van der Waals surface area contributed by atoms with E-state index in [1.807, 2.05) is 4.90 Å². The number of aromatic nitrogens is 2. The number of aryl methyl sites for hydroxylation is 2. The van der Waals surface area contributed by atoms with E-state index in [0.717, 1.165) is 0 Å². The fraction of sp³-hybridized carbons (Fsp3) is 0.765. The van der Waals surface area contributed by atoms with Gasteiger partial charge in [0.1, 0.15) is 4.90 Å². The Labute approximate surface area is 159 Å². The molecule has 146 valence electrons. The molecule has 0 unspecified atom stereocenters. The minimum Gasteiger partial charge on any atom is -0.341 e. The molecule has 2 aliphatic rings. The molecular formula is C17H28N4O3S2. The Balaban J connectivity index is 1.60. The average Bonchev–Trinajstić information content (AvgIpc) is 3.15. The van der Waals surface area contributed by atoms with E-state index in [-0.39, 0.29) is 10.8 Å². The molecule has 3 rings (SSSR count). The summed E-state index contributed by atoms with van der Waals surface area (Å²) >= 11 is 1.77. The predicted octanol–water partition coefficient (Wildman–Crippen LogP) is 1.93. The van der Waals surface area contributed by atoms with E-state index in [1.54, 1.807) is 25.6 Å². The van der Waals surface area contributed by atoms with Crippen molar-refractivity contribution in [3.8, 4) is 0 Å². The van der Waals surface area contributed by atoms with Crippen molar-refractivity contribution < 1.29 is 13.2 Å². The summed E-state index contributed by atoms with van der Waals surface area (Å²) in [6.45, 7) is 5.28. The van der Waals surface area contributed by atoms with E-state index in [2.05, 4.69) is 10.2 Å². The van der Waals surface area contributed by atoms with Crippen molar-refractivity contribution in [2.45, 2.75) is 56.1 Å². The smallest absolute Gasteiger partial charge is 0.246 e. The van der Waals surface area contributed by atoms with Gasteiger partial charge in [-0.2, -0.15) is 9.40 Å². The second-order valence-corrected chi connectivity index (χ2v) is 10.3. The number of H-pyrrole nitrogens is 1. The van der Waals surface area contributed by atoms with Gasteiger partial charge in [-0.3, -0.25) is 9.89 Å². The zero-order valence-electron chi connectivity index (χ0n) is 15.5. The second-order valence-electron chi connectivity index (χ2n) is 7.12. The standard InChI is InChI=1S/C17H28N4O3S2/c1-13-17(14(2)19-18-13)26(23,24)21-9-5-8-20(10-11-21)16(22)12-25-15-6-3-4-7-15/h15H,3-12H2,1-2H3,(H,18,19). The van der Waals surface area contributed by atoms with Gasteiger partial charge < -0.3 is 4.90 Å². The van der Waals surface area contributed by atoms with Gasteiger partial charge in [-0.1, -0.05) is 12.8 Å². The van der Waals surface area contributed by atoms with Gasteiger partial charge in [-0.25, -0.2) is 8.42 Å². The highest BCUT2D eigenvalue weighted by atomic mass is 32.2. The first-order chi connectivity index (χ1) is 12.4. The summed E-state index contributed by atoms with van der Waals surface area (Å²) in [4.78, 5) is 14.6. The first-order valence-corrected chi connectivity index (χ1v) is 11.8. The number of nitrogens with zero attached hydrogens (tertiary/aromatic N) is 3. The largest absolute Gasteiger partial charge is 0.341 e. The lowest BCUT2D eigenvalue weighted by Crippen LogP contribution is -2.38. The molecule has 1 aromatic heterocycles. The van der Waals surface area contributed by atoms with E-state index in [0.29, 0.717) is 55.0 Å². The lowest BCUT2D eigenvalue weighted by atomic mass is 10.4. The van der Waals surface area contributed by atoms with Crippen LogP contribution in [0.4, 0.5) is 0 Å². The van der Waals surface area contributed by atoms with E-state index in [9.17, 15) is 13.2 Å². The van der Waals surface area contributed by atoms with Crippen molar-refractivity contribution in [2.24, 2.45) is 0 Å². The van der Waals surface area contributed by atoms with Crippen LogP contribution >= 0.6 is 11.8 Å². The molecule has 1 aromatic rings. The fourth-order valence-electron chi connectivity index (χ4n) is 3.77. The number of amides is 1. The highest BCUT2D eigenvalue weighted by Gasteiger charge is 2.32. The lowest BCUT2D eigenvalue weighted by Gasteiger charge is -2.22. The minimum absolute atomic E-state index is 0.136. The van der Waals surface area contributed by atoms with Crippen LogP contribution in [0.25, 0.3) is 0 Å². The van der Waals surface area contributed by atoms with Crippen molar-refractivity contribution in [1.82, 2.24) is 19.4 Å². The SMILES string of the molecule is Cc1n[nH]c(C)c1S(=O)(=O)N1CCCN(C(=O)CSC2CCCC2)CC1. The number of sulfonamides is 1. The zero-order chi connectivity index (χ0) is 18.7. The number of hydrogen-bond donors (Lipinski definition) is 1. The summed E-state index contributed by atoms with van der Waals surface area (Å²) < 4.78 is 27.4. The Kier molecular flexibility index (Phi) is 6.29. The van der Waals surface area contributed by atoms with Gasteiger partial charge in [-0.15, -0.1) is 11.8 Å². The zero-order valence-corrected chi connectivity index (χ0v) is 17.2. The van der Waals surface area contributed by atoms with E-state index >= 15 is 0 Å². The molecule has 1 amide bonds. The Morgan fingerprint density at radius 2 is 1.88 bits per heavy atom. The van der Waals surface area contributed by atoms with E-state index in [4.69, 9.17) is 0 Å². The van der Waals surface area contributed by atoms with Gasteiger partial charge in [0.05, 0.1) is 17.1 Å². The van der Waals surface area contributed by atoms with E-state index in [1.165, 1.54) is 30.0 Å². The maximum atomic E-state index is 13.0. The molecule has 1 saturated carbocycles. The van der Waals surface area contributed by atoms with Crippen LogP contribution in [0.3, 0.4) is 0 Å². The molecule has 9 heteroatoms. The highest BCUT2D eigenvalue weighted by molar-refractivity contribution is 8.00. The van der Waals surface area contributed by atoms with Crippen molar-refractivity contribution in [1.29, 1.82) is 0 Å². The molecular weight excluding hydrogens is 372 g/mol. The molecule has 1 aliphatic carbocycles. The predicted molar refractivity (Wildman–Crippen MR) is 103 cm³/mol. The summed E-state index contributed by atoms with van der Waals surface area (Å²) in [5, 5.41) is 7.37. The van der Waals surface area contributed by atoms with Gasteiger partial charge in [0.15, 0.2) is 0 Å². The summed E-state index contributed by atoms with van der Waals surface area (Å²) in [6.07, 6.45) is 5.64. The first kappa shape index (κ1) is 19.7. The highest BCUT2D eigenvalue weighted by Crippen LogP contribution is 2.29. The van der Waals surface area contributed by atoms with Crippen molar-refractivity contribution in [2.75, 3.05) is 31.9 Å². The first-order valence-electron chi connectivity index (χ1n) is 9.30. The third kappa shape index (κ3) is 4.26. The van der Waals surface area contributed by atoms with Crippen LogP contribution in [0.5, 0.6) is 0 Å². The van der Waals surface area contributed by atoms with Crippen molar-refractivity contribution in [3.05, 3.63) is 11.4 Å². The quantitative estimate of drug-likeness (QED) is 0.816. The third-order valence-corrected chi connectivity index (χ3v) is 8.73.